The van der Waals surface area contributed by atoms with E-state index in [1.807, 2.05) is 13.8 Å². The van der Waals surface area contributed by atoms with Gasteiger partial charge in [0, 0.05) is 12.1 Å². The first kappa shape index (κ1) is 18.5. The summed E-state index contributed by atoms with van der Waals surface area (Å²) in [5.74, 6) is -0.167. The molecule has 3 aromatic heterocycles. The monoisotopic (exact) mass is 392 g/mol. The Balaban J connectivity index is 1.88. The Morgan fingerprint density at radius 3 is 2.57 bits per heavy atom. The minimum Gasteiger partial charge on any atom is -0.463 e. The maximum Gasteiger partial charge on any atom is 0.433 e. The van der Waals surface area contributed by atoms with Gasteiger partial charge in [-0.15, -0.1) is 0 Å². The lowest BCUT2D eigenvalue weighted by atomic mass is 9.97. The van der Waals surface area contributed by atoms with Crippen molar-refractivity contribution in [2.24, 2.45) is 0 Å². The molecule has 4 rings (SSSR count). The van der Waals surface area contributed by atoms with Gasteiger partial charge in [0.1, 0.15) is 11.3 Å². The molecule has 2 atom stereocenters. The van der Waals surface area contributed by atoms with Crippen molar-refractivity contribution < 1.29 is 22.4 Å². The molecule has 0 spiro atoms. The fourth-order valence-electron chi connectivity index (χ4n) is 3.83. The van der Waals surface area contributed by atoms with Crippen molar-refractivity contribution in [3.8, 4) is 11.5 Å². The molecular weight excluding hydrogens is 373 g/mol. The van der Waals surface area contributed by atoms with E-state index in [2.05, 4.69) is 10.1 Å². The quantitative estimate of drug-likeness (QED) is 0.648. The van der Waals surface area contributed by atoms with Gasteiger partial charge in [-0.2, -0.15) is 18.3 Å². The second-order valence-corrected chi connectivity index (χ2v) is 7.14. The molecule has 0 bridgehead atoms. The molecule has 6 nitrogen and oxygen atoms in total. The number of piperidine rings is 1. The number of halogens is 3. The topological polar surface area (TPSA) is 63.6 Å². The number of hydrogen-bond donors (Lipinski definition) is 0. The van der Waals surface area contributed by atoms with Crippen molar-refractivity contribution in [3.05, 3.63) is 41.9 Å². The highest BCUT2D eigenvalue weighted by Gasteiger charge is 2.37. The number of rotatable bonds is 2. The van der Waals surface area contributed by atoms with Crippen molar-refractivity contribution >= 4 is 11.6 Å². The molecule has 9 heteroatoms. The Bertz CT molecular complexity index is 1000. The Kier molecular flexibility index (Phi) is 4.40. The molecule has 148 valence electrons. The molecular formula is C19H19F3N4O2. The van der Waals surface area contributed by atoms with E-state index in [0.29, 0.717) is 4.52 Å². The van der Waals surface area contributed by atoms with Crippen LogP contribution in [0.2, 0.25) is 0 Å². The first-order chi connectivity index (χ1) is 13.3. The van der Waals surface area contributed by atoms with Gasteiger partial charge >= 0.3 is 6.18 Å². The second kappa shape index (κ2) is 6.65. The second-order valence-electron chi connectivity index (χ2n) is 7.14. The lowest BCUT2D eigenvalue weighted by molar-refractivity contribution is -0.142. The number of furan rings is 1. The van der Waals surface area contributed by atoms with Crippen LogP contribution in [0, 0.1) is 0 Å². The molecule has 1 aliphatic rings. The fraction of sp³-hybridized carbons (Fsp3) is 0.421. The molecule has 0 N–H and O–H groups in total. The Labute approximate surface area is 159 Å². The van der Waals surface area contributed by atoms with E-state index >= 15 is 0 Å². The molecule has 0 aliphatic carbocycles. The van der Waals surface area contributed by atoms with E-state index in [1.165, 1.54) is 18.5 Å². The highest BCUT2D eigenvalue weighted by Crippen LogP contribution is 2.33. The molecule has 0 radical (unpaired) electrons. The first-order valence-corrected chi connectivity index (χ1v) is 9.10. The van der Waals surface area contributed by atoms with E-state index in [4.69, 9.17) is 4.42 Å². The summed E-state index contributed by atoms with van der Waals surface area (Å²) in [7, 11) is 0. The third-order valence-corrected chi connectivity index (χ3v) is 5.19. The molecule has 1 aliphatic heterocycles. The van der Waals surface area contributed by atoms with Crippen LogP contribution in [0.25, 0.3) is 17.1 Å². The minimum atomic E-state index is -4.67. The summed E-state index contributed by atoms with van der Waals surface area (Å²) in [6.45, 7) is 3.89. The van der Waals surface area contributed by atoms with Crippen molar-refractivity contribution in [2.75, 3.05) is 0 Å². The lowest BCUT2D eigenvalue weighted by Crippen LogP contribution is -2.47. The average Bonchev–Trinajstić information content (AvgIpc) is 3.29. The zero-order valence-electron chi connectivity index (χ0n) is 15.4. The average molecular weight is 392 g/mol. The van der Waals surface area contributed by atoms with Crippen LogP contribution in [0.15, 0.2) is 35.1 Å². The number of aromatic nitrogens is 3. The fourth-order valence-corrected chi connectivity index (χ4v) is 3.83. The number of likely N-dealkylation sites (tertiary alicyclic amines) is 1. The van der Waals surface area contributed by atoms with E-state index in [9.17, 15) is 18.0 Å². The summed E-state index contributed by atoms with van der Waals surface area (Å²) in [4.78, 5) is 19.2. The Hall–Kier alpha value is -2.84. The standard InChI is InChI=1S/C19H19F3N4O2/c1-11-5-3-6-12(2)25(11)18(27)13-10-23-26-16(19(20,21)22)9-14(24-17(13)26)15-7-4-8-28-15/h4,7-12H,3,5-6H2,1-2H3/t11-,12-/m1/s1. The third-order valence-electron chi connectivity index (χ3n) is 5.19. The zero-order valence-corrected chi connectivity index (χ0v) is 15.4. The van der Waals surface area contributed by atoms with E-state index < -0.39 is 11.9 Å². The van der Waals surface area contributed by atoms with Crippen LogP contribution in [-0.2, 0) is 6.18 Å². The van der Waals surface area contributed by atoms with Gasteiger partial charge in [0.25, 0.3) is 5.91 Å². The maximum atomic E-state index is 13.6. The first-order valence-electron chi connectivity index (χ1n) is 9.10. The number of alkyl halides is 3. The van der Waals surface area contributed by atoms with Gasteiger partial charge < -0.3 is 9.32 Å². The van der Waals surface area contributed by atoms with Crippen molar-refractivity contribution in [3.63, 3.8) is 0 Å². The number of amides is 1. The third kappa shape index (κ3) is 3.04. The molecule has 0 unspecified atom stereocenters. The van der Waals surface area contributed by atoms with Crippen LogP contribution in [0.4, 0.5) is 13.2 Å². The van der Waals surface area contributed by atoms with Crippen LogP contribution in [0.3, 0.4) is 0 Å². The van der Waals surface area contributed by atoms with Crippen molar-refractivity contribution in [2.45, 2.75) is 51.4 Å². The van der Waals surface area contributed by atoms with Crippen LogP contribution in [-0.4, -0.2) is 37.5 Å². The van der Waals surface area contributed by atoms with Gasteiger partial charge in [0.15, 0.2) is 17.1 Å². The molecule has 3 aromatic rings. The van der Waals surface area contributed by atoms with E-state index in [-0.39, 0.29) is 40.7 Å². The summed E-state index contributed by atoms with van der Waals surface area (Å²) in [6, 6.07) is 3.96. The summed E-state index contributed by atoms with van der Waals surface area (Å²) in [5.41, 5.74) is -1.09. The van der Waals surface area contributed by atoms with Gasteiger partial charge in [0.05, 0.1) is 12.5 Å². The van der Waals surface area contributed by atoms with E-state index in [0.717, 1.165) is 25.3 Å². The summed E-state index contributed by atoms with van der Waals surface area (Å²) in [6.07, 6.45) is 0.580. The number of carbonyl (C=O) groups excluding carboxylic acids is 1. The smallest absolute Gasteiger partial charge is 0.433 e. The molecule has 0 aromatic carbocycles. The van der Waals surface area contributed by atoms with Gasteiger partial charge in [-0.3, -0.25) is 4.79 Å². The van der Waals surface area contributed by atoms with Crippen LogP contribution < -0.4 is 0 Å². The molecule has 28 heavy (non-hydrogen) atoms. The maximum absolute atomic E-state index is 13.6. The number of fused-ring (bicyclic) bond motifs is 1. The lowest BCUT2D eigenvalue weighted by Gasteiger charge is -2.38. The minimum absolute atomic E-state index is 0.000818. The van der Waals surface area contributed by atoms with Gasteiger partial charge in [-0.05, 0) is 51.3 Å². The Morgan fingerprint density at radius 1 is 1.25 bits per heavy atom. The zero-order chi connectivity index (χ0) is 20.1. The SMILES string of the molecule is C[C@@H]1CCC[C@@H](C)N1C(=O)c1cnn2c(C(F)(F)F)cc(-c3ccco3)nc12. The van der Waals surface area contributed by atoms with E-state index in [1.54, 1.807) is 11.0 Å². The number of hydrogen-bond acceptors (Lipinski definition) is 4. The molecule has 4 heterocycles. The molecule has 1 saturated heterocycles. The van der Waals surface area contributed by atoms with Crippen molar-refractivity contribution in [1.29, 1.82) is 0 Å². The highest BCUT2D eigenvalue weighted by molar-refractivity contribution is 6.00. The molecule has 1 fully saturated rings. The van der Waals surface area contributed by atoms with Crippen LogP contribution in [0.5, 0.6) is 0 Å². The highest BCUT2D eigenvalue weighted by atomic mass is 19.4. The predicted molar refractivity (Wildman–Crippen MR) is 94.6 cm³/mol. The largest absolute Gasteiger partial charge is 0.463 e. The van der Waals surface area contributed by atoms with Crippen LogP contribution in [0.1, 0.15) is 49.2 Å². The Morgan fingerprint density at radius 2 is 1.96 bits per heavy atom. The normalized spacial score (nSPS) is 20.7. The summed E-state index contributed by atoms with van der Waals surface area (Å²) < 4.78 is 46.7. The van der Waals surface area contributed by atoms with Crippen molar-refractivity contribution in [1.82, 2.24) is 19.5 Å². The van der Waals surface area contributed by atoms with Gasteiger partial charge in [0.2, 0.25) is 0 Å². The van der Waals surface area contributed by atoms with Gasteiger partial charge in [-0.1, -0.05) is 0 Å². The molecule has 0 saturated carbocycles. The van der Waals surface area contributed by atoms with Crippen LogP contribution >= 0.6 is 0 Å². The molecule has 1 amide bonds. The summed E-state index contributed by atoms with van der Waals surface area (Å²) >= 11 is 0. The number of carbonyl (C=O) groups is 1. The predicted octanol–water partition coefficient (Wildman–Crippen LogP) is 4.41. The number of nitrogens with zero attached hydrogens (tertiary/aromatic N) is 4. The summed E-state index contributed by atoms with van der Waals surface area (Å²) in [5, 5.41) is 3.83. The van der Waals surface area contributed by atoms with Gasteiger partial charge in [-0.25, -0.2) is 9.50 Å².